The van der Waals surface area contributed by atoms with Crippen molar-refractivity contribution < 1.29 is 4.43 Å². The molecule has 3 rings (SSSR count). The molecule has 212 valence electrons. The van der Waals surface area contributed by atoms with E-state index in [0.717, 1.165) is 23.4 Å². The van der Waals surface area contributed by atoms with E-state index < -0.39 is 14.6 Å². The van der Waals surface area contributed by atoms with Crippen LogP contribution in [-0.4, -0.2) is 15.1 Å². The standard InChI is InChI=1S/C35H50ClNOSi/c1-25(2)31(35(9,37)27-21-20-26(30(36)24-27)22-23-33(3,4)5)32(34(6,7)8)38-39(28-16-12-10-13-17-28)29-18-14-11-15-19-29/h10-21,24-25,31-32,39H,22-23,37H2,1-9H3/t31-,32?,35?/m0/s1. The molecule has 3 aromatic rings. The summed E-state index contributed by atoms with van der Waals surface area (Å²) in [6.45, 7) is 20.4. The minimum absolute atomic E-state index is 0.0658. The van der Waals surface area contributed by atoms with Gasteiger partial charge >= 0.3 is 0 Å². The molecule has 39 heavy (non-hydrogen) atoms. The molecular weight excluding hydrogens is 514 g/mol. The van der Waals surface area contributed by atoms with E-state index in [1.54, 1.807) is 0 Å². The normalized spacial score (nSPS) is 15.8. The zero-order chi connectivity index (χ0) is 29.0. The van der Waals surface area contributed by atoms with Gasteiger partial charge in [-0.1, -0.05) is 140 Å². The Labute approximate surface area is 245 Å². The molecule has 0 aliphatic rings. The van der Waals surface area contributed by atoms with Crippen molar-refractivity contribution in [2.24, 2.45) is 28.4 Å². The molecule has 0 aromatic heterocycles. The van der Waals surface area contributed by atoms with E-state index in [2.05, 4.69) is 141 Å². The van der Waals surface area contributed by atoms with E-state index in [-0.39, 0.29) is 22.9 Å². The molecule has 0 fully saturated rings. The highest BCUT2D eigenvalue weighted by molar-refractivity contribution is 6.80. The van der Waals surface area contributed by atoms with Crippen LogP contribution in [0, 0.1) is 22.7 Å². The highest BCUT2D eigenvalue weighted by Crippen LogP contribution is 2.43. The fraction of sp³-hybridized carbons (Fsp3) is 0.486. The number of benzene rings is 3. The van der Waals surface area contributed by atoms with Crippen LogP contribution in [0.3, 0.4) is 0 Å². The second-order valence-corrected chi connectivity index (χ2v) is 16.8. The third-order valence-electron chi connectivity index (χ3n) is 7.90. The highest BCUT2D eigenvalue weighted by Gasteiger charge is 2.46. The van der Waals surface area contributed by atoms with Gasteiger partial charge in [-0.05, 0) is 64.1 Å². The fourth-order valence-electron chi connectivity index (χ4n) is 5.72. The van der Waals surface area contributed by atoms with Gasteiger partial charge in [-0.25, -0.2) is 0 Å². The van der Waals surface area contributed by atoms with Crippen LogP contribution in [0.1, 0.15) is 79.9 Å². The second-order valence-electron chi connectivity index (χ2n) is 14.0. The van der Waals surface area contributed by atoms with E-state index in [1.165, 1.54) is 15.9 Å². The van der Waals surface area contributed by atoms with Gasteiger partial charge in [-0.2, -0.15) is 0 Å². The average Bonchev–Trinajstić information content (AvgIpc) is 2.85. The molecule has 0 bridgehead atoms. The minimum atomic E-state index is -2.00. The summed E-state index contributed by atoms with van der Waals surface area (Å²) in [4.78, 5) is 0. The topological polar surface area (TPSA) is 35.2 Å². The van der Waals surface area contributed by atoms with Gasteiger partial charge < -0.3 is 10.2 Å². The summed E-state index contributed by atoms with van der Waals surface area (Å²) >= 11 is 6.88. The van der Waals surface area contributed by atoms with Crippen LogP contribution in [0.15, 0.2) is 78.9 Å². The van der Waals surface area contributed by atoms with Gasteiger partial charge in [0.1, 0.15) is 0 Å². The smallest absolute Gasteiger partial charge is 0.240 e. The van der Waals surface area contributed by atoms with Crippen LogP contribution in [0.2, 0.25) is 5.02 Å². The molecule has 3 atom stereocenters. The maximum atomic E-state index is 7.37. The summed E-state index contributed by atoms with van der Waals surface area (Å²) in [5.41, 5.74) is 9.14. The fourth-order valence-corrected chi connectivity index (χ4v) is 8.71. The van der Waals surface area contributed by atoms with Crippen LogP contribution in [0.5, 0.6) is 0 Å². The molecule has 3 aromatic carbocycles. The maximum absolute atomic E-state index is 7.37. The molecule has 0 aliphatic heterocycles. The Morgan fingerprint density at radius 3 is 1.72 bits per heavy atom. The van der Waals surface area contributed by atoms with Crippen LogP contribution >= 0.6 is 11.6 Å². The Kier molecular flexibility index (Phi) is 10.3. The molecule has 0 saturated heterocycles. The quantitative estimate of drug-likeness (QED) is 0.256. The number of halogens is 1. The lowest BCUT2D eigenvalue weighted by molar-refractivity contribution is -0.0187. The molecule has 2 unspecified atom stereocenters. The predicted molar refractivity (Wildman–Crippen MR) is 173 cm³/mol. The summed E-state index contributed by atoms with van der Waals surface area (Å²) in [7, 11) is -2.00. The van der Waals surface area contributed by atoms with Crippen LogP contribution in [0.25, 0.3) is 0 Å². The summed E-state index contributed by atoms with van der Waals surface area (Å²) in [5.74, 6) is 0.362. The van der Waals surface area contributed by atoms with E-state index in [1.807, 2.05) is 0 Å². The van der Waals surface area contributed by atoms with Crippen molar-refractivity contribution in [2.45, 2.75) is 86.8 Å². The third-order valence-corrected chi connectivity index (χ3v) is 10.8. The first-order chi connectivity index (χ1) is 18.1. The largest absolute Gasteiger partial charge is 0.407 e. The SMILES string of the molecule is CC(C)[C@@H](C(O[SiH](c1ccccc1)c1ccccc1)C(C)(C)C)C(C)(N)c1ccc(CCC(C)(C)C)c(Cl)c1. The lowest BCUT2D eigenvalue weighted by Crippen LogP contribution is -2.58. The molecule has 4 heteroatoms. The Morgan fingerprint density at radius 1 is 0.795 bits per heavy atom. The number of hydrogen-bond acceptors (Lipinski definition) is 2. The van der Waals surface area contributed by atoms with Gasteiger partial charge in [-0.15, -0.1) is 0 Å². The first-order valence-corrected chi connectivity index (χ1v) is 16.4. The number of nitrogens with two attached hydrogens (primary N) is 1. The molecule has 0 heterocycles. The van der Waals surface area contributed by atoms with Gasteiger partial charge in [0.25, 0.3) is 0 Å². The molecule has 0 saturated carbocycles. The van der Waals surface area contributed by atoms with Gasteiger partial charge in [-0.3, -0.25) is 0 Å². The molecule has 2 nitrogen and oxygen atoms in total. The highest BCUT2D eigenvalue weighted by atomic mass is 35.5. The van der Waals surface area contributed by atoms with E-state index in [9.17, 15) is 0 Å². The van der Waals surface area contributed by atoms with Crippen molar-refractivity contribution in [3.05, 3.63) is 95.0 Å². The van der Waals surface area contributed by atoms with Crippen LogP contribution < -0.4 is 16.1 Å². The summed E-state index contributed by atoms with van der Waals surface area (Å²) in [6, 6.07) is 28.0. The van der Waals surface area contributed by atoms with E-state index in [0.29, 0.717) is 5.92 Å². The summed E-state index contributed by atoms with van der Waals surface area (Å²) in [6.07, 6.45) is 1.99. The third kappa shape index (κ3) is 8.30. The van der Waals surface area contributed by atoms with Gasteiger partial charge in [0, 0.05) is 16.5 Å². The average molecular weight is 564 g/mol. The van der Waals surface area contributed by atoms with Gasteiger partial charge in [0.2, 0.25) is 9.04 Å². The molecular formula is C35H50ClNOSi. The lowest BCUT2D eigenvalue weighted by atomic mass is 9.66. The van der Waals surface area contributed by atoms with Crippen LogP contribution in [-0.2, 0) is 16.4 Å². The van der Waals surface area contributed by atoms with Crippen molar-refractivity contribution in [1.29, 1.82) is 0 Å². The van der Waals surface area contributed by atoms with Crippen molar-refractivity contribution in [3.8, 4) is 0 Å². The number of aryl methyl sites for hydroxylation is 1. The maximum Gasteiger partial charge on any atom is 0.240 e. The predicted octanol–water partition coefficient (Wildman–Crippen LogP) is 7.73. The summed E-state index contributed by atoms with van der Waals surface area (Å²) in [5, 5.41) is 3.38. The summed E-state index contributed by atoms with van der Waals surface area (Å²) < 4.78 is 7.37. The number of hydrogen-bond donors (Lipinski definition) is 1. The molecule has 0 aliphatic carbocycles. The van der Waals surface area contributed by atoms with E-state index >= 15 is 0 Å². The molecule has 0 spiro atoms. The van der Waals surface area contributed by atoms with Crippen molar-refractivity contribution in [2.75, 3.05) is 0 Å². The molecule has 0 radical (unpaired) electrons. The van der Waals surface area contributed by atoms with Gasteiger partial charge in [0.05, 0.1) is 6.10 Å². The van der Waals surface area contributed by atoms with Gasteiger partial charge in [0.15, 0.2) is 0 Å². The monoisotopic (exact) mass is 563 g/mol. The Hall–Kier alpha value is -1.91. The van der Waals surface area contributed by atoms with E-state index in [4.69, 9.17) is 21.8 Å². The van der Waals surface area contributed by atoms with Crippen molar-refractivity contribution in [1.82, 2.24) is 0 Å². The lowest BCUT2D eigenvalue weighted by Gasteiger charge is -2.48. The Bertz CT molecular complexity index is 1140. The Morgan fingerprint density at radius 2 is 1.31 bits per heavy atom. The minimum Gasteiger partial charge on any atom is -0.407 e. The number of rotatable bonds is 10. The van der Waals surface area contributed by atoms with Crippen molar-refractivity contribution in [3.63, 3.8) is 0 Å². The first kappa shape index (κ1) is 31.6. The Balaban J connectivity index is 2.04. The van der Waals surface area contributed by atoms with Crippen LogP contribution in [0.4, 0.5) is 0 Å². The molecule has 0 amide bonds. The first-order valence-electron chi connectivity index (χ1n) is 14.4. The van der Waals surface area contributed by atoms with Crippen molar-refractivity contribution >= 4 is 31.0 Å². The zero-order valence-corrected chi connectivity index (χ0v) is 27.5. The molecule has 2 N–H and O–H groups in total. The zero-order valence-electron chi connectivity index (χ0n) is 25.6. The second kappa shape index (κ2) is 12.7.